The monoisotopic (exact) mass is 343 g/mol. The van der Waals surface area contributed by atoms with Crippen LogP contribution in [0, 0.1) is 11.3 Å². The predicted molar refractivity (Wildman–Crippen MR) is 92.8 cm³/mol. The average Bonchev–Trinajstić information content (AvgIpc) is 3.11. The summed E-state index contributed by atoms with van der Waals surface area (Å²) >= 11 is 0. The number of aromatic amines is 1. The maximum Gasteiger partial charge on any atom is 0.173 e. The first-order chi connectivity index (χ1) is 12.2. The van der Waals surface area contributed by atoms with Crippen LogP contribution >= 0.6 is 0 Å². The van der Waals surface area contributed by atoms with Crippen molar-refractivity contribution in [3.05, 3.63) is 18.1 Å². The molecule has 0 bridgehead atoms. The van der Waals surface area contributed by atoms with Gasteiger partial charge in [-0.05, 0) is 25.7 Å². The number of nitrogens with one attached hydrogen (secondary N) is 2. The lowest BCUT2D eigenvalue weighted by Crippen LogP contribution is -2.27. The fourth-order valence-electron chi connectivity index (χ4n) is 3.52. The first-order valence-corrected chi connectivity index (χ1v) is 9.15. The normalized spacial score (nSPS) is 17.9. The van der Waals surface area contributed by atoms with E-state index in [1.54, 1.807) is 12.7 Å². The highest BCUT2D eigenvalue weighted by Gasteiger charge is 2.27. The predicted octanol–water partition coefficient (Wildman–Crippen LogP) is 2.52. The second kappa shape index (κ2) is 8.18. The van der Waals surface area contributed by atoms with Gasteiger partial charge in [0, 0.05) is 19.4 Å². The van der Waals surface area contributed by atoms with Crippen molar-refractivity contribution in [1.82, 2.24) is 19.5 Å². The molecule has 3 rings (SSSR count). The van der Waals surface area contributed by atoms with Gasteiger partial charge in [-0.2, -0.15) is 0 Å². The number of carbonyl (C=O) groups is 2. The zero-order valence-electron chi connectivity index (χ0n) is 14.5. The number of fused-ring (bicyclic) bond motifs is 1. The van der Waals surface area contributed by atoms with Crippen molar-refractivity contribution in [2.24, 2.45) is 5.92 Å². The quantitative estimate of drug-likeness (QED) is 0.567. The first kappa shape index (κ1) is 17.5. The maximum absolute atomic E-state index is 12.1. The fourth-order valence-corrected chi connectivity index (χ4v) is 3.52. The minimum absolute atomic E-state index is 0.146. The minimum Gasteiger partial charge on any atom is -0.340 e. The maximum atomic E-state index is 12.1. The summed E-state index contributed by atoms with van der Waals surface area (Å²) in [6.45, 7) is 0.795. The van der Waals surface area contributed by atoms with E-state index in [2.05, 4.69) is 15.0 Å². The van der Waals surface area contributed by atoms with Crippen molar-refractivity contribution >= 4 is 22.7 Å². The Morgan fingerprint density at radius 1 is 1.24 bits per heavy atom. The Balaban J connectivity index is 1.38. The Hall–Kier alpha value is -2.31. The molecule has 2 heterocycles. The molecule has 0 aliphatic heterocycles. The van der Waals surface area contributed by atoms with Gasteiger partial charge in [-0.25, -0.2) is 9.97 Å². The van der Waals surface area contributed by atoms with E-state index in [4.69, 9.17) is 5.41 Å². The van der Waals surface area contributed by atoms with Gasteiger partial charge in [0.15, 0.2) is 11.1 Å². The summed E-state index contributed by atoms with van der Waals surface area (Å²) in [6.07, 6.45) is 10.9. The smallest absolute Gasteiger partial charge is 0.173 e. The lowest BCUT2D eigenvalue weighted by atomic mass is 9.83. The van der Waals surface area contributed by atoms with Gasteiger partial charge in [0.25, 0.3) is 0 Å². The van der Waals surface area contributed by atoms with E-state index in [0.717, 1.165) is 57.1 Å². The van der Waals surface area contributed by atoms with Crippen LogP contribution in [0.15, 0.2) is 12.7 Å². The molecule has 0 aromatic carbocycles. The molecule has 25 heavy (non-hydrogen) atoms. The largest absolute Gasteiger partial charge is 0.340 e. The van der Waals surface area contributed by atoms with Crippen LogP contribution in [-0.2, 0) is 16.1 Å². The molecule has 1 saturated carbocycles. The van der Waals surface area contributed by atoms with Gasteiger partial charge < -0.3 is 9.55 Å². The highest BCUT2D eigenvalue weighted by Crippen LogP contribution is 2.23. The van der Waals surface area contributed by atoms with Crippen molar-refractivity contribution in [1.29, 1.82) is 5.41 Å². The summed E-state index contributed by atoms with van der Waals surface area (Å²) in [7, 11) is 0. The molecule has 0 radical (unpaired) electrons. The van der Waals surface area contributed by atoms with E-state index in [1.807, 2.05) is 4.57 Å². The number of unbranched alkanes of at least 4 members (excludes halogenated alkanes) is 3. The van der Waals surface area contributed by atoms with Crippen molar-refractivity contribution in [2.45, 2.75) is 64.3 Å². The molecule has 7 heteroatoms. The van der Waals surface area contributed by atoms with E-state index in [9.17, 15) is 9.59 Å². The molecule has 0 spiro atoms. The molecule has 2 aromatic rings. The van der Waals surface area contributed by atoms with Gasteiger partial charge in [-0.3, -0.25) is 15.0 Å². The number of aryl methyl sites for hydroxylation is 1. The number of imidazole rings is 1. The van der Waals surface area contributed by atoms with Crippen molar-refractivity contribution < 1.29 is 9.59 Å². The second-order valence-corrected chi connectivity index (χ2v) is 6.78. The highest BCUT2D eigenvalue weighted by atomic mass is 16.1. The van der Waals surface area contributed by atoms with Crippen LogP contribution in [-0.4, -0.2) is 31.1 Å². The van der Waals surface area contributed by atoms with Crippen LogP contribution < -0.4 is 5.49 Å². The Bertz CT molecular complexity index is 807. The van der Waals surface area contributed by atoms with E-state index in [0.29, 0.717) is 18.4 Å². The van der Waals surface area contributed by atoms with E-state index < -0.39 is 0 Å². The van der Waals surface area contributed by atoms with Crippen LogP contribution in [0.3, 0.4) is 0 Å². The summed E-state index contributed by atoms with van der Waals surface area (Å²) in [4.78, 5) is 35.2. The van der Waals surface area contributed by atoms with Crippen LogP contribution in [0.25, 0.3) is 11.2 Å². The summed E-state index contributed by atoms with van der Waals surface area (Å²) < 4.78 is 1.95. The zero-order valence-corrected chi connectivity index (χ0v) is 14.5. The molecular formula is C18H25N5O2. The summed E-state index contributed by atoms with van der Waals surface area (Å²) in [6, 6.07) is 0. The molecule has 1 unspecified atom stereocenters. The molecule has 0 saturated heterocycles. The topological polar surface area (TPSA) is 104 Å². The standard InChI is InChI=1S/C18H25N5O2/c19-17-16-18(21-11-20-16)23(12-22-17)10-6-2-1-3-8-14(24)13-7-4-5-9-15(13)25/h11-13,19H,1-10H2,(H,20,21). The van der Waals surface area contributed by atoms with Crippen LogP contribution in [0.4, 0.5) is 0 Å². The van der Waals surface area contributed by atoms with Gasteiger partial charge in [0.05, 0.1) is 18.6 Å². The van der Waals surface area contributed by atoms with Crippen LogP contribution in [0.1, 0.15) is 57.8 Å². The number of Topliss-reactive ketones (excluding diaryl/α,β-unsaturated/α-hetero) is 2. The van der Waals surface area contributed by atoms with Crippen LogP contribution in [0.5, 0.6) is 0 Å². The Kier molecular flexibility index (Phi) is 5.73. The summed E-state index contributed by atoms with van der Waals surface area (Å²) in [5.74, 6) is -0.0136. The van der Waals surface area contributed by atoms with Crippen molar-refractivity contribution in [3.63, 3.8) is 0 Å². The summed E-state index contributed by atoms with van der Waals surface area (Å²) in [5.41, 5.74) is 1.62. The fraction of sp³-hybridized carbons (Fsp3) is 0.611. The minimum atomic E-state index is -0.313. The number of hydrogen-bond donors (Lipinski definition) is 2. The third-order valence-corrected chi connectivity index (χ3v) is 4.97. The Morgan fingerprint density at radius 3 is 2.92 bits per heavy atom. The molecule has 7 nitrogen and oxygen atoms in total. The number of nitrogens with zero attached hydrogens (tertiary/aromatic N) is 3. The lowest BCUT2D eigenvalue weighted by molar-refractivity contribution is -0.134. The highest BCUT2D eigenvalue weighted by molar-refractivity contribution is 6.02. The van der Waals surface area contributed by atoms with Gasteiger partial charge >= 0.3 is 0 Å². The molecule has 1 atom stereocenters. The van der Waals surface area contributed by atoms with Crippen LogP contribution in [0.2, 0.25) is 0 Å². The number of hydrogen-bond acceptors (Lipinski definition) is 5. The van der Waals surface area contributed by atoms with Gasteiger partial charge in [-0.15, -0.1) is 0 Å². The number of carbonyl (C=O) groups excluding carboxylic acids is 2. The van der Waals surface area contributed by atoms with Gasteiger partial charge in [0.1, 0.15) is 17.1 Å². The van der Waals surface area contributed by atoms with Gasteiger partial charge in [-0.1, -0.05) is 19.3 Å². The number of aromatic nitrogens is 4. The zero-order chi connectivity index (χ0) is 17.6. The summed E-state index contributed by atoms with van der Waals surface area (Å²) in [5, 5.41) is 7.73. The molecule has 134 valence electrons. The number of ketones is 2. The Labute approximate surface area is 146 Å². The number of rotatable bonds is 8. The molecule has 2 N–H and O–H groups in total. The van der Waals surface area contributed by atoms with Gasteiger partial charge in [0.2, 0.25) is 0 Å². The van der Waals surface area contributed by atoms with Crippen molar-refractivity contribution in [2.75, 3.05) is 0 Å². The third-order valence-electron chi connectivity index (χ3n) is 4.97. The van der Waals surface area contributed by atoms with Crippen molar-refractivity contribution in [3.8, 4) is 0 Å². The first-order valence-electron chi connectivity index (χ1n) is 9.15. The molecule has 1 aliphatic rings. The van der Waals surface area contributed by atoms with E-state index in [-0.39, 0.29) is 23.0 Å². The average molecular weight is 343 g/mol. The molecular weight excluding hydrogens is 318 g/mol. The molecule has 0 amide bonds. The SMILES string of the molecule is N=c1ncn(CCCCCCC(=O)C2CCCCC2=O)c2nc[nH]c12. The second-order valence-electron chi connectivity index (χ2n) is 6.78. The van der Waals surface area contributed by atoms with E-state index in [1.165, 1.54) is 0 Å². The third kappa shape index (κ3) is 4.21. The number of H-pyrrole nitrogens is 1. The van der Waals surface area contributed by atoms with E-state index >= 15 is 0 Å². The lowest BCUT2D eigenvalue weighted by Gasteiger charge is -2.19. The molecule has 1 aliphatic carbocycles. The Morgan fingerprint density at radius 2 is 2.08 bits per heavy atom. The molecule has 1 fully saturated rings. The molecule has 2 aromatic heterocycles.